The lowest BCUT2D eigenvalue weighted by atomic mass is 9.88. The number of aromatic hydroxyl groups is 1. The molecule has 8 nitrogen and oxygen atoms in total. The summed E-state index contributed by atoms with van der Waals surface area (Å²) in [7, 11) is 1.53. The van der Waals surface area contributed by atoms with E-state index in [4.69, 9.17) is 4.74 Å². The van der Waals surface area contributed by atoms with Crippen LogP contribution in [0.25, 0.3) is 22.0 Å². The number of rotatable bonds is 5. The molecule has 3 amide bonds. The molecular formula is C24H19FN4O4. The molecule has 1 aliphatic rings. The number of amides is 3. The second kappa shape index (κ2) is 7.63. The number of nitrogens with one attached hydrogen (secondary N) is 2. The lowest BCUT2D eigenvalue weighted by molar-refractivity contribution is -0.124. The molecule has 0 bridgehead atoms. The summed E-state index contributed by atoms with van der Waals surface area (Å²) >= 11 is 0. The maximum absolute atomic E-state index is 14.1. The Balaban J connectivity index is 1.57. The highest BCUT2D eigenvalue weighted by Crippen LogP contribution is 2.35. The number of urea groups is 1. The summed E-state index contributed by atoms with van der Waals surface area (Å²) in [5, 5.41) is 17.1. The van der Waals surface area contributed by atoms with Crippen molar-refractivity contribution in [2.75, 3.05) is 7.11 Å². The quantitative estimate of drug-likeness (QED) is 0.408. The van der Waals surface area contributed by atoms with E-state index in [0.29, 0.717) is 22.3 Å². The number of hydrogen-bond donors (Lipinski definition) is 3. The Morgan fingerprint density at radius 1 is 1.15 bits per heavy atom. The van der Waals surface area contributed by atoms with E-state index in [1.54, 1.807) is 48.7 Å². The summed E-state index contributed by atoms with van der Waals surface area (Å²) in [5.74, 6) is -0.510. The maximum atomic E-state index is 14.1. The van der Waals surface area contributed by atoms with Crippen LogP contribution >= 0.6 is 0 Å². The average molecular weight is 446 g/mol. The van der Waals surface area contributed by atoms with Crippen LogP contribution < -0.4 is 15.4 Å². The van der Waals surface area contributed by atoms with Gasteiger partial charge in [-0.2, -0.15) is 0 Å². The van der Waals surface area contributed by atoms with Crippen molar-refractivity contribution in [3.8, 4) is 22.9 Å². The van der Waals surface area contributed by atoms with Crippen molar-refractivity contribution in [2.45, 2.75) is 12.1 Å². The highest BCUT2D eigenvalue weighted by Gasteiger charge is 2.48. The molecule has 0 saturated carbocycles. The molecule has 9 heteroatoms. The predicted octanol–water partition coefficient (Wildman–Crippen LogP) is 3.29. The largest absolute Gasteiger partial charge is 0.497 e. The first-order valence-corrected chi connectivity index (χ1v) is 10.1. The summed E-state index contributed by atoms with van der Waals surface area (Å²) in [6.07, 6.45) is 3.19. The van der Waals surface area contributed by atoms with Gasteiger partial charge < -0.3 is 19.7 Å². The van der Waals surface area contributed by atoms with Crippen LogP contribution in [-0.2, 0) is 16.9 Å². The Kier molecular flexibility index (Phi) is 4.74. The zero-order valence-corrected chi connectivity index (χ0v) is 17.5. The molecular weight excluding hydrogens is 427 g/mol. The number of ether oxygens (including phenoxy) is 1. The molecule has 1 fully saturated rings. The second-order valence-corrected chi connectivity index (χ2v) is 7.76. The number of fused-ring (bicyclic) bond motifs is 1. The van der Waals surface area contributed by atoms with E-state index in [-0.39, 0.29) is 18.1 Å². The Morgan fingerprint density at radius 3 is 2.61 bits per heavy atom. The van der Waals surface area contributed by atoms with Gasteiger partial charge in [-0.3, -0.25) is 15.1 Å². The predicted molar refractivity (Wildman–Crippen MR) is 118 cm³/mol. The van der Waals surface area contributed by atoms with Crippen LogP contribution in [0, 0.1) is 5.82 Å². The first kappa shape index (κ1) is 20.5. The summed E-state index contributed by atoms with van der Waals surface area (Å²) in [6, 6.07) is 14.0. The van der Waals surface area contributed by atoms with E-state index in [9.17, 15) is 19.1 Å². The molecule has 1 atom stereocenters. The van der Waals surface area contributed by atoms with Gasteiger partial charge in [-0.1, -0.05) is 24.3 Å². The number of benzene rings is 2. The van der Waals surface area contributed by atoms with Crippen molar-refractivity contribution in [1.29, 1.82) is 0 Å². The van der Waals surface area contributed by atoms with E-state index in [0.717, 1.165) is 5.39 Å². The number of methoxy groups -OCH3 is 1. The smallest absolute Gasteiger partial charge is 0.322 e. The topological polar surface area (TPSA) is 105 Å². The van der Waals surface area contributed by atoms with Crippen LogP contribution in [0.2, 0.25) is 0 Å². The minimum atomic E-state index is -1.48. The summed E-state index contributed by atoms with van der Waals surface area (Å²) in [6.45, 7) is -0.0648. The van der Waals surface area contributed by atoms with Gasteiger partial charge in [0, 0.05) is 28.7 Å². The summed E-state index contributed by atoms with van der Waals surface area (Å²) in [4.78, 5) is 29.1. The van der Waals surface area contributed by atoms with Crippen LogP contribution in [0.15, 0.2) is 67.0 Å². The molecule has 0 radical (unpaired) electrons. The Hall–Kier alpha value is -4.40. The molecule has 3 N–H and O–H groups in total. The van der Waals surface area contributed by atoms with Crippen molar-refractivity contribution >= 4 is 22.7 Å². The fraction of sp³-hybridized carbons (Fsp3) is 0.125. The van der Waals surface area contributed by atoms with Crippen molar-refractivity contribution in [3.05, 3.63) is 78.4 Å². The Bertz CT molecular complexity index is 1400. The third-order valence-corrected chi connectivity index (χ3v) is 5.83. The molecule has 0 unspecified atom stereocenters. The number of pyridine rings is 1. The molecule has 1 aliphatic heterocycles. The average Bonchev–Trinajstić information content (AvgIpc) is 3.29. The minimum Gasteiger partial charge on any atom is -0.497 e. The molecule has 4 aromatic rings. The number of carbonyl (C=O) groups is 2. The number of imide groups is 1. The highest BCUT2D eigenvalue weighted by molar-refractivity contribution is 6.07. The lowest BCUT2D eigenvalue weighted by Gasteiger charge is -2.27. The van der Waals surface area contributed by atoms with Crippen LogP contribution in [0.4, 0.5) is 9.18 Å². The molecule has 33 heavy (non-hydrogen) atoms. The molecule has 0 aliphatic carbocycles. The van der Waals surface area contributed by atoms with Gasteiger partial charge in [0.1, 0.15) is 17.3 Å². The standard InChI is InChI=1S/C24H19FN4O4/c1-33-17-9-6-15-12-29(21(30)18(15)11-17)13-24(22(31)27-23(32)28-24)16-7-4-14(5-8-16)20-19(25)3-2-10-26-20/h2-12,30H,13H2,1H3,(H2,27,28,31,32)/t24-/m0/s1. The van der Waals surface area contributed by atoms with Crippen LogP contribution in [0.1, 0.15) is 5.56 Å². The Morgan fingerprint density at radius 2 is 1.94 bits per heavy atom. The van der Waals surface area contributed by atoms with E-state index in [2.05, 4.69) is 15.6 Å². The SMILES string of the molecule is COc1ccc2cn(C[C@@]3(c4ccc(-c5ncccc5F)cc4)NC(=O)NC3=O)c(O)c2c1. The zero-order chi connectivity index (χ0) is 23.2. The van der Waals surface area contributed by atoms with Crippen molar-refractivity contribution < 1.29 is 23.8 Å². The first-order valence-electron chi connectivity index (χ1n) is 10.1. The van der Waals surface area contributed by atoms with Gasteiger partial charge in [-0.05, 0) is 35.9 Å². The second-order valence-electron chi connectivity index (χ2n) is 7.76. The van der Waals surface area contributed by atoms with Crippen molar-refractivity contribution in [3.63, 3.8) is 0 Å². The number of aromatic nitrogens is 2. The van der Waals surface area contributed by atoms with Crippen molar-refractivity contribution in [1.82, 2.24) is 20.2 Å². The fourth-order valence-electron chi connectivity index (χ4n) is 4.14. The van der Waals surface area contributed by atoms with E-state index in [1.807, 2.05) is 0 Å². The highest BCUT2D eigenvalue weighted by atomic mass is 19.1. The Labute approximate surface area is 187 Å². The fourth-order valence-corrected chi connectivity index (χ4v) is 4.14. The van der Waals surface area contributed by atoms with Gasteiger partial charge in [0.2, 0.25) is 0 Å². The van der Waals surface area contributed by atoms with E-state index < -0.39 is 23.3 Å². The van der Waals surface area contributed by atoms with Gasteiger partial charge in [0.05, 0.1) is 13.7 Å². The monoisotopic (exact) mass is 446 g/mol. The van der Waals surface area contributed by atoms with Crippen LogP contribution in [0.5, 0.6) is 11.6 Å². The molecule has 5 rings (SSSR count). The molecule has 166 valence electrons. The normalized spacial score (nSPS) is 17.8. The number of nitrogens with zero attached hydrogens (tertiary/aromatic N) is 2. The van der Waals surface area contributed by atoms with Crippen molar-refractivity contribution in [2.24, 2.45) is 0 Å². The van der Waals surface area contributed by atoms with Gasteiger partial charge in [0.25, 0.3) is 5.91 Å². The van der Waals surface area contributed by atoms with Gasteiger partial charge in [-0.15, -0.1) is 0 Å². The van der Waals surface area contributed by atoms with E-state index in [1.165, 1.54) is 30.0 Å². The van der Waals surface area contributed by atoms with Gasteiger partial charge >= 0.3 is 6.03 Å². The summed E-state index contributed by atoms with van der Waals surface area (Å²) < 4.78 is 20.9. The molecule has 3 heterocycles. The summed E-state index contributed by atoms with van der Waals surface area (Å²) in [5.41, 5.74) is -0.296. The third kappa shape index (κ3) is 3.34. The zero-order valence-electron chi connectivity index (χ0n) is 17.5. The number of halogens is 1. The molecule has 2 aromatic heterocycles. The van der Waals surface area contributed by atoms with E-state index >= 15 is 0 Å². The first-order chi connectivity index (χ1) is 15.9. The minimum absolute atomic E-state index is 0.0648. The third-order valence-electron chi connectivity index (χ3n) is 5.83. The van der Waals surface area contributed by atoms with Gasteiger partial charge in [0.15, 0.2) is 11.4 Å². The maximum Gasteiger partial charge on any atom is 0.322 e. The molecule has 0 spiro atoms. The number of carbonyl (C=O) groups excluding carboxylic acids is 2. The van der Waals surface area contributed by atoms with Crippen LogP contribution in [-0.4, -0.2) is 33.7 Å². The molecule has 1 saturated heterocycles. The molecule has 2 aromatic carbocycles. The lowest BCUT2D eigenvalue weighted by Crippen LogP contribution is -2.47. The number of hydrogen-bond acceptors (Lipinski definition) is 5. The van der Waals surface area contributed by atoms with Gasteiger partial charge in [-0.25, -0.2) is 9.18 Å². The van der Waals surface area contributed by atoms with Crippen LogP contribution in [0.3, 0.4) is 0 Å².